The van der Waals surface area contributed by atoms with E-state index < -0.39 is 15.6 Å². The van der Waals surface area contributed by atoms with Gasteiger partial charge in [0.05, 0.1) is 19.8 Å². The third kappa shape index (κ3) is 6.48. The number of carbonyl (C=O) groups is 1. The lowest BCUT2D eigenvalue weighted by Crippen LogP contribution is -2.28. The molecule has 0 spiro atoms. The van der Waals surface area contributed by atoms with E-state index >= 15 is 0 Å². The summed E-state index contributed by atoms with van der Waals surface area (Å²) >= 11 is 1.58. The van der Waals surface area contributed by atoms with Crippen molar-refractivity contribution in [3.63, 3.8) is 0 Å². The average Bonchev–Trinajstić information content (AvgIpc) is 2.49. The summed E-state index contributed by atoms with van der Waals surface area (Å²) < 4.78 is 63.0. The predicted molar refractivity (Wildman–Crippen MR) is 68.5 cm³/mol. The van der Waals surface area contributed by atoms with Crippen LogP contribution < -0.4 is 4.57 Å². The Morgan fingerprint density at radius 3 is 2.14 bits per heavy atom. The van der Waals surface area contributed by atoms with Gasteiger partial charge in [0.2, 0.25) is 0 Å². The fourth-order valence-electron chi connectivity index (χ4n) is 1.17. The zero-order valence-corrected chi connectivity index (χ0v) is 13.4. The van der Waals surface area contributed by atoms with E-state index in [2.05, 4.69) is 17.7 Å². The molecule has 0 saturated carbocycles. The third-order valence-electron chi connectivity index (χ3n) is 2.19. The molecule has 0 atom stereocenters. The van der Waals surface area contributed by atoms with E-state index in [4.69, 9.17) is 13.0 Å². The average molecular weight is 348 g/mol. The largest absolute Gasteiger partial charge is 0.741 e. The molecule has 0 fully saturated rings. The van der Waals surface area contributed by atoms with Gasteiger partial charge < -0.3 is 4.55 Å². The highest BCUT2D eigenvalue weighted by molar-refractivity contribution is 7.99. The number of hydrogen-bond acceptors (Lipinski definition) is 5. The molecule has 1 aromatic heterocycles. The van der Waals surface area contributed by atoms with Crippen LogP contribution in [-0.4, -0.2) is 34.6 Å². The van der Waals surface area contributed by atoms with Crippen molar-refractivity contribution in [2.45, 2.75) is 24.5 Å². The molecular weight excluding hydrogens is 333 g/mol. The first kappa shape index (κ1) is 19.9. The van der Waals surface area contributed by atoms with Crippen LogP contribution in [0, 0.1) is 6.92 Å². The lowest BCUT2D eigenvalue weighted by Gasteiger charge is -2.08. The molecule has 0 amide bonds. The molecule has 21 heavy (non-hydrogen) atoms. The third-order valence-corrected chi connectivity index (χ3v) is 4.12. The van der Waals surface area contributed by atoms with E-state index in [0.717, 1.165) is 5.16 Å². The second kappa shape index (κ2) is 7.27. The molecule has 1 heterocycles. The quantitative estimate of drug-likeness (QED) is 0.351. The molecule has 0 aromatic carbocycles. The second-order valence-electron chi connectivity index (χ2n) is 4.11. The Labute approximate surface area is 124 Å². The first-order valence-electron chi connectivity index (χ1n) is 5.43. The van der Waals surface area contributed by atoms with Crippen LogP contribution in [0.25, 0.3) is 0 Å². The highest BCUT2D eigenvalue weighted by Gasteiger charge is 2.36. The van der Waals surface area contributed by atoms with E-state index in [0.29, 0.717) is 5.75 Å². The summed E-state index contributed by atoms with van der Waals surface area (Å²) in [6.07, 6.45) is 2.06. The molecule has 122 valence electrons. The van der Waals surface area contributed by atoms with Gasteiger partial charge in [-0.2, -0.15) is 13.2 Å². The number of halogens is 3. The lowest BCUT2D eigenvalue weighted by molar-refractivity contribution is -0.709. The summed E-state index contributed by atoms with van der Waals surface area (Å²) in [5.41, 5.74) is -4.44. The molecule has 0 aliphatic carbocycles. The lowest BCUT2D eigenvalue weighted by atomic mass is 10.5. The molecule has 11 heteroatoms. The molecule has 6 nitrogen and oxygen atoms in total. The second-order valence-corrected chi connectivity index (χ2v) is 6.43. The number of thioether (sulfide) groups is 1. The Balaban J connectivity index is 0.000000433. The van der Waals surface area contributed by atoms with Gasteiger partial charge in [-0.05, 0) is 18.7 Å². The number of ketones is 1. The van der Waals surface area contributed by atoms with Gasteiger partial charge in [0.1, 0.15) is 17.7 Å². The Bertz CT molecular complexity index is 609. The van der Waals surface area contributed by atoms with Crippen molar-refractivity contribution in [3.05, 3.63) is 11.9 Å². The van der Waals surface area contributed by atoms with Crippen LogP contribution in [0.1, 0.15) is 12.6 Å². The number of carbonyl (C=O) groups excluding carboxylic acids is 1. The molecule has 0 unspecified atom stereocenters. The minimum absolute atomic E-state index is 0.212. The summed E-state index contributed by atoms with van der Waals surface area (Å²) in [6, 6.07) is 0. The zero-order chi connectivity index (χ0) is 17.0. The monoisotopic (exact) mass is 348 g/mol. The number of alkyl halides is 3. The van der Waals surface area contributed by atoms with Gasteiger partial charge in [-0.15, -0.1) is 0 Å². The molecule has 1 aromatic rings. The van der Waals surface area contributed by atoms with Crippen molar-refractivity contribution in [1.82, 2.24) is 4.57 Å². The maximum Gasteiger partial charge on any atom is 0.485 e. The van der Waals surface area contributed by atoms with Crippen molar-refractivity contribution in [2.24, 2.45) is 14.1 Å². The van der Waals surface area contributed by atoms with Gasteiger partial charge in [-0.25, -0.2) is 17.6 Å². The molecule has 0 aliphatic rings. The Morgan fingerprint density at radius 1 is 1.48 bits per heavy atom. The van der Waals surface area contributed by atoms with Crippen molar-refractivity contribution in [2.75, 3.05) is 5.75 Å². The summed E-state index contributed by atoms with van der Waals surface area (Å²) in [5, 5.41) is 1.12. The number of aromatic nitrogens is 2. The van der Waals surface area contributed by atoms with E-state index in [1.54, 1.807) is 18.7 Å². The summed E-state index contributed by atoms with van der Waals surface area (Å²) in [7, 11) is -2.08. The van der Waals surface area contributed by atoms with Gasteiger partial charge in [0, 0.05) is 6.92 Å². The van der Waals surface area contributed by atoms with Crippen molar-refractivity contribution in [3.8, 4) is 0 Å². The van der Waals surface area contributed by atoms with E-state index in [1.165, 1.54) is 5.69 Å². The van der Waals surface area contributed by atoms with Crippen LogP contribution in [0.15, 0.2) is 11.4 Å². The van der Waals surface area contributed by atoms with Gasteiger partial charge in [0.25, 0.3) is 0 Å². The highest BCUT2D eigenvalue weighted by Crippen LogP contribution is 2.20. The van der Waals surface area contributed by atoms with Crippen molar-refractivity contribution < 1.29 is 35.5 Å². The minimum Gasteiger partial charge on any atom is -0.741 e. The molecule has 0 bridgehead atoms. The molecule has 0 N–H and O–H groups in total. The molecule has 1 rings (SSSR count). The summed E-state index contributed by atoms with van der Waals surface area (Å²) in [6.45, 7) is 3.67. The Morgan fingerprint density at radius 2 is 1.90 bits per heavy atom. The van der Waals surface area contributed by atoms with Crippen LogP contribution in [0.3, 0.4) is 0 Å². The van der Waals surface area contributed by atoms with Gasteiger partial charge >= 0.3 is 10.7 Å². The van der Waals surface area contributed by atoms with Crippen molar-refractivity contribution in [1.29, 1.82) is 0 Å². The van der Waals surface area contributed by atoms with Gasteiger partial charge in [-0.3, -0.25) is 4.79 Å². The number of nitrogens with zero attached hydrogens (tertiary/aromatic N) is 2. The molecular formula is C10H15F3N2O4S2. The van der Waals surface area contributed by atoms with Crippen LogP contribution >= 0.6 is 11.8 Å². The number of imidazole rings is 1. The zero-order valence-electron chi connectivity index (χ0n) is 11.8. The summed E-state index contributed by atoms with van der Waals surface area (Å²) in [5.74, 6) is 0.759. The number of rotatable bonds is 3. The molecule has 0 aliphatic heterocycles. The molecule has 0 radical (unpaired) electrons. The topological polar surface area (TPSA) is 83.1 Å². The summed E-state index contributed by atoms with van der Waals surface area (Å²) in [4.78, 5) is 10.8. The minimum atomic E-state index is -6.09. The van der Waals surface area contributed by atoms with Gasteiger partial charge in [0.15, 0.2) is 10.1 Å². The fraction of sp³-hybridized carbons (Fsp3) is 0.600. The highest BCUT2D eigenvalue weighted by atomic mass is 32.2. The number of hydrogen-bond donors (Lipinski definition) is 0. The van der Waals surface area contributed by atoms with Crippen LogP contribution in [-0.2, 0) is 29.0 Å². The normalized spacial score (nSPS) is 11.8. The number of aryl methyl sites for hydroxylation is 2. The molecule has 0 saturated heterocycles. The number of Topliss-reactive ketones (excluding diaryl/α,β-unsaturated/α-hetero) is 1. The van der Waals surface area contributed by atoms with E-state index in [9.17, 15) is 18.0 Å². The maximum atomic E-state index is 10.8. The first-order chi connectivity index (χ1) is 9.27. The van der Waals surface area contributed by atoms with Crippen LogP contribution in [0.2, 0.25) is 0 Å². The van der Waals surface area contributed by atoms with Crippen LogP contribution in [0.4, 0.5) is 13.2 Å². The SMILES string of the molecule is CC(=O)CSc1n(C)c(C)c[n+]1C.O=S(=O)([O-])C(F)(F)F. The maximum absolute atomic E-state index is 10.8. The Hall–Kier alpha value is -1.07. The smallest absolute Gasteiger partial charge is 0.485 e. The standard InChI is InChI=1S/C9H15N2OS.CHF3O3S/c1-7-5-10(3)9(11(7)4)13-6-8(2)12;2-1(3,4)8(5,6)7/h5H,6H2,1-4H3;(H,5,6,7)/q+1;/p-1. The predicted octanol–water partition coefficient (Wildman–Crippen LogP) is 0.891. The van der Waals surface area contributed by atoms with Gasteiger partial charge in [-0.1, -0.05) is 0 Å². The van der Waals surface area contributed by atoms with Crippen LogP contribution in [0.5, 0.6) is 0 Å². The van der Waals surface area contributed by atoms with Crippen molar-refractivity contribution >= 4 is 27.7 Å². The van der Waals surface area contributed by atoms with E-state index in [-0.39, 0.29) is 5.78 Å². The van der Waals surface area contributed by atoms with E-state index in [1.807, 2.05) is 18.7 Å². The fourth-order valence-corrected chi connectivity index (χ4v) is 2.10. The first-order valence-corrected chi connectivity index (χ1v) is 7.83. The Kier molecular flexibility index (Phi) is 6.90.